The SMILES string of the molecule is Cn1nnc(CC(NC(=O)OC(C)(C)C)C(=O)O)n1. The number of nitrogens with one attached hydrogen (secondary N) is 1. The fourth-order valence-electron chi connectivity index (χ4n) is 1.24. The summed E-state index contributed by atoms with van der Waals surface area (Å²) < 4.78 is 4.99. The Morgan fingerprint density at radius 3 is 2.53 bits per heavy atom. The van der Waals surface area contributed by atoms with Crippen LogP contribution in [-0.4, -0.2) is 49.0 Å². The molecule has 0 radical (unpaired) electrons. The molecule has 0 aliphatic carbocycles. The number of ether oxygens (including phenoxy) is 1. The van der Waals surface area contributed by atoms with E-state index in [1.165, 1.54) is 4.80 Å². The van der Waals surface area contributed by atoms with E-state index in [4.69, 9.17) is 9.84 Å². The number of tetrazole rings is 1. The second-order valence-corrected chi connectivity index (χ2v) is 4.94. The van der Waals surface area contributed by atoms with E-state index in [0.717, 1.165) is 0 Å². The number of carboxylic acids is 1. The number of amides is 1. The Morgan fingerprint density at radius 1 is 1.47 bits per heavy atom. The van der Waals surface area contributed by atoms with Crippen molar-refractivity contribution in [1.82, 2.24) is 25.5 Å². The number of aromatic nitrogens is 4. The molecule has 9 heteroatoms. The summed E-state index contributed by atoms with van der Waals surface area (Å²) in [5, 5.41) is 22.4. The summed E-state index contributed by atoms with van der Waals surface area (Å²) >= 11 is 0. The monoisotopic (exact) mass is 271 g/mol. The lowest BCUT2D eigenvalue weighted by atomic mass is 10.2. The van der Waals surface area contributed by atoms with Crippen LogP contribution in [0.1, 0.15) is 26.6 Å². The van der Waals surface area contributed by atoms with Crippen molar-refractivity contribution >= 4 is 12.1 Å². The van der Waals surface area contributed by atoms with Gasteiger partial charge in [-0.25, -0.2) is 9.59 Å². The van der Waals surface area contributed by atoms with Crippen molar-refractivity contribution in [2.24, 2.45) is 7.05 Å². The van der Waals surface area contributed by atoms with Gasteiger partial charge in [-0.05, 0) is 26.0 Å². The molecule has 9 nitrogen and oxygen atoms in total. The first kappa shape index (κ1) is 14.9. The summed E-state index contributed by atoms with van der Waals surface area (Å²) in [5.74, 6) is -0.968. The number of nitrogens with zero attached hydrogens (tertiary/aromatic N) is 4. The van der Waals surface area contributed by atoms with Crippen molar-refractivity contribution in [1.29, 1.82) is 0 Å². The normalized spacial score (nSPS) is 12.8. The molecule has 1 aromatic rings. The third-order valence-electron chi connectivity index (χ3n) is 1.93. The van der Waals surface area contributed by atoms with Crippen molar-refractivity contribution in [2.75, 3.05) is 0 Å². The Morgan fingerprint density at radius 2 is 2.11 bits per heavy atom. The first-order valence-electron chi connectivity index (χ1n) is 5.62. The number of hydrogen-bond acceptors (Lipinski definition) is 6. The zero-order chi connectivity index (χ0) is 14.6. The minimum atomic E-state index is -1.20. The van der Waals surface area contributed by atoms with Crippen LogP contribution in [0.2, 0.25) is 0 Å². The number of alkyl carbamates (subject to hydrolysis) is 1. The zero-order valence-corrected chi connectivity index (χ0v) is 11.2. The molecule has 0 saturated carbocycles. The summed E-state index contributed by atoms with van der Waals surface area (Å²) in [5.41, 5.74) is -0.696. The predicted octanol–water partition coefficient (Wildman–Crippen LogP) is -0.269. The number of carbonyl (C=O) groups is 2. The van der Waals surface area contributed by atoms with Crippen LogP contribution in [0.4, 0.5) is 4.79 Å². The third kappa shape index (κ3) is 5.32. The molecule has 0 spiro atoms. The van der Waals surface area contributed by atoms with Gasteiger partial charge in [-0.15, -0.1) is 10.2 Å². The largest absolute Gasteiger partial charge is 0.480 e. The van der Waals surface area contributed by atoms with E-state index in [1.54, 1.807) is 27.8 Å². The van der Waals surface area contributed by atoms with Crippen LogP contribution < -0.4 is 5.32 Å². The average Bonchev–Trinajstić information content (AvgIpc) is 2.60. The molecule has 0 saturated heterocycles. The molecule has 1 heterocycles. The summed E-state index contributed by atoms with van der Waals surface area (Å²) in [6, 6.07) is -1.17. The smallest absolute Gasteiger partial charge is 0.408 e. The highest BCUT2D eigenvalue weighted by molar-refractivity contribution is 5.80. The summed E-state index contributed by atoms with van der Waals surface area (Å²) in [4.78, 5) is 23.8. The highest BCUT2D eigenvalue weighted by Gasteiger charge is 2.25. The van der Waals surface area contributed by atoms with Crippen LogP contribution >= 0.6 is 0 Å². The predicted molar refractivity (Wildman–Crippen MR) is 63.3 cm³/mol. The Kier molecular flexibility index (Phi) is 4.41. The molecule has 0 aliphatic heterocycles. The van der Waals surface area contributed by atoms with Crippen molar-refractivity contribution in [3.63, 3.8) is 0 Å². The van der Waals surface area contributed by atoms with Gasteiger partial charge in [0, 0.05) is 6.42 Å². The van der Waals surface area contributed by atoms with Gasteiger partial charge in [-0.2, -0.15) is 4.80 Å². The fourth-order valence-corrected chi connectivity index (χ4v) is 1.24. The number of rotatable bonds is 4. The molecular weight excluding hydrogens is 254 g/mol. The van der Waals surface area contributed by atoms with E-state index in [0.29, 0.717) is 0 Å². The molecule has 0 aromatic carbocycles. The molecular formula is C10H17N5O4. The lowest BCUT2D eigenvalue weighted by Crippen LogP contribution is -2.44. The molecule has 0 aliphatic rings. The Balaban J connectivity index is 2.63. The molecule has 1 atom stereocenters. The van der Waals surface area contributed by atoms with E-state index in [9.17, 15) is 9.59 Å². The van der Waals surface area contributed by atoms with Crippen LogP contribution in [0.3, 0.4) is 0 Å². The maximum absolute atomic E-state index is 11.5. The third-order valence-corrected chi connectivity index (χ3v) is 1.93. The molecule has 1 amide bonds. The summed E-state index contributed by atoms with van der Waals surface area (Å²) in [7, 11) is 1.56. The van der Waals surface area contributed by atoms with Gasteiger partial charge in [0.15, 0.2) is 5.82 Å². The van der Waals surface area contributed by atoms with Crippen LogP contribution in [0.25, 0.3) is 0 Å². The van der Waals surface area contributed by atoms with Gasteiger partial charge in [-0.1, -0.05) is 0 Å². The summed E-state index contributed by atoms with van der Waals surface area (Å²) in [6.07, 6.45) is -0.869. The van der Waals surface area contributed by atoms with E-state index in [1.807, 2.05) is 0 Å². The number of carboxylic acid groups (broad SMARTS) is 1. The highest BCUT2D eigenvalue weighted by atomic mass is 16.6. The van der Waals surface area contributed by atoms with E-state index >= 15 is 0 Å². The lowest BCUT2D eigenvalue weighted by molar-refractivity contribution is -0.139. The van der Waals surface area contributed by atoms with Crippen LogP contribution in [0, 0.1) is 0 Å². The number of carbonyl (C=O) groups excluding carboxylic acids is 1. The summed E-state index contributed by atoms with van der Waals surface area (Å²) in [6.45, 7) is 5.06. The minimum absolute atomic E-state index is 0.0670. The Hall–Kier alpha value is -2.19. The first-order valence-corrected chi connectivity index (χ1v) is 5.62. The second-order valence-electron chi connectivity index (χ2n) is 4.94. The molecule has 106 valence electrons. The number of aliphatic carboxylic acids is 1. The van der Waals surface area contributed by atoms with Gasteiger partial charge in [0.05, 0.1) is 7.05 Å². The maximum atomic E-state index is 11.5. The molecule has 1 aromatic heterocycles. The standard InChI is InChI=1S/C10H17N5O4/c1-10(2,3)19-9(18)11-6(8(16)17)5-7-12-14-15(4)13-7/h6H,5H2,1-4H3,(H,11,18)(H,16,17). The molecule has 0 bridgehead atoms. The lowest BCUT2D eigenvalue weighted by Gasteiger charge is -2.21. The number of hydrogen-bond donors (Lipinski definition) is 2. The van der Waals surface area contributed by atoms with Gasteiger partial charge in [0.2, 0.25) is 0 Å². The Labute approximate surface area is 109 Å². The second kappa shape index (κ2) is 5.63. The topological polar surface area (TPSA) is 119 Å². The van der Waals surface area contributed by atoms with E-state index in [-0.39, 0.29) is 12.2 Å². The van der Waals surface area contributed by atoms with Gasteiger partial charge in [-0.3, -0.25) is 0 Å². The van der Waals surface area contributed by atoms with E-state index in [2.05, 4.69) is 20.7 Å². The van der Waals surface area contributed by atoms with Gasteiger partial charge in [0.25, 0.3) is 0 Å². The quantitative estimate of drug-likeness (QED) is 0.773. The van der Waals surface area contributed by atoms with Gasteiger partial charge in [0.1, 0.15) is 11.6 Å². The van der Waals surface area contributed by atoms with Crippen LogP contribution in [-0.2, 0) is 23.0 Å². The fraction of sp³-hybridized carbons (Fsp3) is 0.700. The maximum Gasteiger partial charge on any atom is 0.408 e. The van der Waals surface area contributed by atoms with Crippen LogP contribution in [0.15, 0.2) is 0 Å². The molecule has 2 N–H and O–H groups in total. The Bertz CT molecular complexity index is 465. The number of aryl methyl sites for hydroxylation is 1. The first-order chi connectivity index (χ1) is 8.67. The van der Waals surface area contributed by atoms with Gasteiger partial charge >= 0.3 is 12.1 Å². The van der Waals surface area contributed by atoms with Crippen molar-refractivity contribution in [2.45, 2.75) is 38.8 Å². The molecule has 1 unspecified atom stereocenters. The molecule has 1 rings (SSSR count). The van der Waals surface area contributed by atoms with Crippen molar-refractivity contribution < 1.29 is 19.4 Å². The van der Waals surface area contributed by atoms with Crippen molar-refractivity contribution in [3.05, 3.63) is 5.82 Å². The van der Waals surface area contributed by atoms with Crippen LogP contribution in [0.5, 0.6) is 0 Å². The highest BCUT2D eigenvalue weighted by Crippen LogP contribution is 2.07. The minimum Gasteiger partial charge on any atom is -0.480 e. The van der Waals surface area contributed by atoms with E-state index < -0.39 is 23.7 Å². The van der Waals surface area contributed by atoms with Crippen molar-refractivity contribution in [3.8, 4) is 0 Å². The zero-order valence-electron chi connectivity index (χ0n) is 11.2. The molecule has 19 heavy (non-hydrogen) atoms. The van der Waals surface area contributed by atoms with Gasteiger partial charge < -0.3 is 15.2 Å². The molecule has 0 fully saturated rings. The average molecular weight is 271 g/mol.